The van der Waals surface area contributed by atoms with Crippen LogP contribution in [0, 0.1) is 0 Å². The number of anilines is 2. The number of pyridine rings is 1. The van der Waals surface area contributed by atoms with Gasteiger partial charge in [0, 0.05) is 34.7 Å². The smallest absolute Gasteiger partial charge is 0.0495 e. The summed E-state index contributed by atoms with van der Waals surface area (Å²) in [4.78, 5) is 4.32. The summed E-state index contributed by atoms with van der Waals surface area (Å²) in [6, 6.07) is 23.5. The normalized spacial score (nSPS) is 11.8. The van der Waals surface area contributed by atoms with E-state index in [0.29, 0.717) is 0 Å². The van der Waals surface area contributed by atoms with Gasteiger partial charge in [-0.15, -0.1) is 0 Å². The van der Waals surface area contributed by atoms with Crippen LogP contribution in [0.4, 0.5) is 11.4 Å². The van der Waals surface area contributed by atoms with Crippen molar-refractivity contribution in [3.8, 4) is 22.3 Å². The second-order valence-corrected chi connectivity index (χ2v) is 5.84. The molecule has 1 aromatic heterocycles. The Hall–Kier alpha value is -3.13. The van der Waals surface area contributed by atoms with Crippen molar-refractivity contribution in [2.75, 3.05) is 5.32 Å². The Morgan fingerprint density at radius 3 is 2.52 bits per heavy atom. The summed E-state index contributed by atoms with van der Waals surface area (Å²) in [5, 5.41) is 6.05. The van der Waals surface area contributed by atoms with Gasteiger partial charge in [-0.2, -0.15) is 0 Å². The minimum Gasteiger partial charge on any atom is -0.354 e. The zero-order valence-electron chi connectivity index (χ0n) is 12.5. The summed E-state index contributed by atoms with van der Waals surface area (Å²) in [6.07, 6.45) is 3.78. The quantitative estimate of drug-likeness (QED) is 0.433. The first-order chi connectivity index (χ1) is 11.4. The predicted molar refractivity (Wildman–Crippen MR) is 95.9 cm³/mol. The van der Waals surface area contributed by atoms with E-state index in [0.717, 1.165) is 16.9 Å². The molecule has 2 heterocycles. The Balaban J connectivity index is 1.89. The zero-order chi connectivity index (χ0) is 15.2. The summed E-state index contributed by atoms with van der Waals surface area (Å²) in [7, 11) is 0. The van der Waals surface area contributed by atoms with Crippen molar-refractivity contribution in [3.05, 3.63) is 79.1 Å². The van der Waals surface area contributed by atoms with Crippen LogP contribution in [0.1, 0.15) is 0 Å². The second-order valence-electron chi connectivity index (χ2n) is 5.84. The van der Waals surface area contributed by atoms with Gasteiger partial charge in [0.15, 0.2) is 0 Å². The second kappa shape index (κ2) is 4.68. The van der Waals surface area contributed by atoms with Gasteiger partial charge in [0.05, 0.1) is 0 Å². The average Bonchev–Trinajstić information content (AvgIpc) is 2.62. The van der Waals surface area contributed by atoms with Crippen LogP contribution in [0.25, 0.3) is 33.0 Å². The SMILES string of the molecule is c1ccc(-c2cc3c4c(cccc4c2)Nc2ccncc2-3)cc1. The molecule has 0 aliphatic carbocycles. The van der Waals surface area contributed by atoms with E-state index in [4.69, 9.17) is 0 Å². The Morgan fingerprint density at radius 2 is 1.61 bits per heavy atom. The van der Waals surface area contributed by atoms with Crippen LogP contribution in [0.2, 0.25) is 0 Å². The highest BCUT2D eigenvalue weighted by molar-refractivity contribution is 6.12. The molecule has 108 valence electrons. The van der Waals surface area contributed by atoms with E-state index in [1.54, 1.807) is 0 Å². The third-order valence-corrected chi connectivity index (χ3v) is 4.46. The molecule has 23 heavy (non-hydrogen) atoms. The zero-order valence-corrected chi connectivity index (χ0v) is 12.5. The van der Waals surface area contributed by atoms with Crippen molar-refractivity contribution in [2.24, 2.45) is 0 Å². The minimum absolute atomic E-state index is 1.12. The van der Waals surface area contributed by atoms with Crippen molar-refractivity contribution in [2.45, 2.75) is 0 Å². The highest BCUT2D eigenvalue weighted by atomic mass is 14.9. The molecule has 3 aromatic carbocycles. The topological polar surface area (TPSA) is 24.9 Å². The number of nitrogens with one attached hydrogen (secondary N) is 1. The highest BCUT2D eigenvalue weighted by Gasteiger charge is 2.18. The van der Waals surface area contributed by atoms with E-state index >= 15 is 0 Å². The number of benzene rings is 3. The van der Waals surface area contributed by atoms with Gasteiger partial charge in [-0.1, -0.05) is 42.5 Å². The first-order valence-corrected chi connectivity index (χ1v) is 7.74. The monoisotopic (exact) mass is 294 g/mol. The molecular weight excluding hydrogens is 280 g/mol. The maximum absolute atomic E-state index is 4.32. The average molecular weight is 294 g/mol. The van der Waals surface area contributed by atoms with Gasteiger partial charge in [0.25, 0.3) is 0 Å². The number of hydrogen-bond donors (Lipinski definition) is 1. The van der Waals surface area contributed by atoms with Crippen LogP contribution >= 0.6 is 0 Å². The third-order valence-electron chi connectivity index (χ3n) is 4.46. The fourth-order valence-corrected chi connectivity index (χ4v) is 3.40. The first-order valence-electron chi connectivity index (χ1n) is 7.74. The Labute approximate surface area is 134 Å². The summed E-state index contributed by atoms with van der Waals surface area (Å²) in [6.45, 7) is 0. The van der Waals surface area contributed by atoms with Crippen molar-refractivity contribution in [1.82, 2.24) is 4.98 Å². The number of rotatable bonds is 1. The van der Waals surface area contributed by atoms with E-state index in [1.165, 1.54) is 27.5 Å². The summed E-state index contributed by atoms with van der Waals surface area (Å²) in [5.74, 6) is 0. The lowest BCUT2D eigenvalue weighted by atomic mass is 9.90. The fraction of sp³-hybridized carbons (Fsp3) is 0. The molecule has 1 aliphatic heterocycles. The van der Waals surface area contributed by atoms with Gasteiger partial charge >= 0.3 is 0 Å². The lowest BCUT2D eigenvalue weighted by molar-refractivity contribution is 1.32. The van der Waals surface area contributed by atoms with Gasteiger partial charge in [0.2, 0.25) is 0 Å². The van der Waals surface area contributed by atoms with E-state index in [1.807, 2.05) is 18.5 Å². The number of fused-ring (bicyclic) bond motifs is 2. The fourth-order valence-electron chi connectivity index (χ4n) is 3.40. The number of hydrogen-bond acceptors (Lipinski definition) is 2. The molecule has 0 unspecified atom stereocenters. The molecule has 5 rings (SSSR count). The van der Waals surface area contributed by atoms with Gasteiger partial charge < -0.3 is 5.32 Å². The summed E-state index contributed by atoms with van der Waals surface area (Å²) >= 11 is 0. The molecule has 0 bridgehead atoms. The molecule has 4 aromatic rings. The largest absolute Gasteiger partial charge is 0.354 e. The number of nitrogens with zero attached hydrogens (tertiary/aromatic N) is 1. The van der Waals surface area contributed by atoms with E-state index in [-0.39, 0.29) is 0 Å². The first kappa shape index (κ1) is 12.4. The van der Waals surface area contributed by atoms with E-state index < -0.39 is 0 Å². The molecular formula is C21H14N2. The van der Waals surface area contributed by atoms with Crippen molar-refractivity contribution < 1.29 is 0 Å². The number of aromatic nitrogens is 1. The van der Waals surface area contributed by atoms with Crippen molar-refractivity contribution in [3.63, 3.8) is 0 Å². The van der Waals surface area contributed by atoms with Gasteiger partial charge in [0.1, 0.15) is 0 Å². The van der Waals surface area contributed by atoms with Crippen LogP contribution < -0.4 is 5.32 Å². The molecule has 0 fully saturated rings. The molecule has 2 heteroatoms. The van der Waals surface area contributed by atoms with Crippen LogP contribution in [-0.4, -0.2) is 4.98 Å². The molecule has 1 aliphatic rings. The minimum atomic E-state index is 1.12. The molecule has 2 nitrogen and oxygen atoms in total. The van der Waals surface area contributed by atoms with Crippen LogP contribution in [0.15, 0.2) is 79.1 Å². The molecule has 0 saturated carbocycles. The Kier molecular flexibility index (Phi) is 2.53. The summed E-state index contributed by atoms with van der Waals surface area (Å²) in [5.41, 5.74) is 7.16. The maximum atomic E-state index is 4.32. The maximum Gasteiger partial charge on any atom is 0.0495 e. The van der Waals surface area contributed by atoms with Gasteiger partial charge in [-0.25, -0.2) is 0 Å². The Bertz CT molecular complexity index is 1040. The van der Waals surface area contributed by atoms with Gasteiger partial charge in [-0.3, -0.25) is 4.98 Å². The molecule has 0 spiro atoms. The highest BCUT2D eigenvalue weighted by Crippen LogP contribution is 2.44. The Morgan fingerprint density at radius 1 is 0.696 bits per heavy atom. The van der Waals surface area contributed by atoms with Crippen LogP contribution in [0.3, 0.4) is 0 Å². The van der Waals surface area contributed by atoms with E-state index in [9.17, 15) is 0 Å². The van der Waals surface area contributed by atoms with Crippen LogP contribution in [-0.2, 0) is 0 Å². The van der Waals surface area contributed by atoms with Crippen molar-refractivity contribution in [1.29, 1.82) is 0 Å². The summed E-state index contributed by atoms with van der Waals surface area (Å²) < 4.78 is 0. The predicted octanol–water partition coefficient (Wildman–Crippen LogP) is 5.63. The van der Waals surface area contributed by atoms with E-state index in [2.05, 4.69) is 71.0 Å². The third kappa shape index (κ3) is 1.85. The molecule has 0 amide bonds. The lowest BCUT2D eigenvalue weighted by Crippen LogP contribution is -2.01. The molecule has 0 atom stereocenters. The lowest BCUT2D eigenvalue weighted by Gasteiger charge is -2.22. The molecule has 1 N–H and O–H groups in total. The van der Waals surface area contributed by atoms with Gasteiger partial charge in [-0.05, 0) is 46.3 Å². The molecule has 0 radical (unpaired) electrons. The van der Waals surface area contributed by atoms with Crippen molar-refractivity contribution >= 4 is 22.1 Å². The van der Waals surface area contributed by atoms with Crippen LogP contribution in [0.5, 0.6) is 0 Å². The standard InChI is InChI=1S/C21H14N2/c1-2-5-14(6-3-1)16-11-15-7-4-8-20-21(15)17(12-16)18-13-22-10-9-19(18)23-20/h1-13,23H. The molecule has 0 saturated heterocycles.